The number of ether oxygens (including phenoxy) is 1. The fraction of sp³-hybridized carbons (Fsp3) is 0.0870. The second kappa shape index (κ2) is 7.56. The number of nitriles is 2. The van der Waals surface area contributed by atoms with Gasteiger partial charge in [0.2, 0.25) is 0 Å². The third-order valence-electron chi connectivity index (χ3n) is 4.18. The summed E-state index contributed by atoms with van der Waals surface area (Å²) in [5, 5.41) is 18.5. The smallest absolute Gasteiger partial charge is 0.344 e. The highest BCUT2D eigenvalue weighted by atomic mass is 16.5. The number of esters is 1. The van der Waals surface area contributed by atoms with Crippen LogP contribution in [0.4, 0.5) is 0 Å². The molecule has 1 aliphatic heterocycles. The topological polar surface area (TPSA) is 73.9 Å². The average Bonchev–Trinajstić information content (AvgIpc) is 2.96. The van der Waals surface area contributed by atoms with Gasteiger partial charge in [-0.2, -0.15) is 10.5 Å². The molecule has 27 heavy (non-hydrogen) atoms. The number of benzene rings is 2. The second-order valence-electron chi connectivity index (χ2n) is 6.25. The summed E-state index contributed by atoms with van der Waals surface area (Å²) in [6.45, 7) is 3.97. The first kappa shape index (κ1) is 17.9. The molecule has 3 rings (SSSR count). The van der Waals surface area contributed by atoms with E-state index in [0.29, 0.717) is 11.1 Å². The molecule has 0 N–H and O–H groups in total. The maximum atomic E-state index is 12.5. The lowest BCUT2D eigenvalue weighted by Crippen LogP contribution is -1.95. The Morgan fingerprint density at radius 1 is 0.815 bits per heavy atom. The Morgan fingerprint density at radius 2 is 1.26 bits per heavy atom. The van der Waals surface area contributed by atoms with E-state index in [1.807, 2.05) is 62.4 Å². The minimum Gasteiger partial charge on any atom is -0.420 e. The number of nitrogens with zero attached hydrogens (tertiary/aromatic N) is 2. The molecule has 0 saturated carbocycles. The number of allylic oxidation sites excluding steroid dienone is 2. The summed E-state index contributed by atoms with van der Waals surface area (Å²) < 4.78 is 5.28. The fourth-order valence-electron chi connectivity index (χ4n) is 2.69. The van der Waals surface area contributed by atoms with Crippen LogP contribution in [0.3, 0.4) is 0 Å². The van der Waals surface area contributed by atoms with Gasteiger partial charge in [-0.1, -0.05) is 59.7 Å². The van der Waals surface area contributed by atoms with Gasteiger partial charge in [-0.05, 0) is 37.1 Å². The average molecular weight is 352 g/mol. The molecule has 0 radical (unpaired) electrons. The molecule has 0 atom stereocenters. The molecule has 0 unspecified atom stereocenters. The molecular weight excluding hydrogens is 336 g/mol. The first-order chi connectivity index (χ1) is 13.0. The predicted octanol–water partition coefficient (Wildman–Crippen LogP) is 4.63. The molecule has 0 aromatic heterocycles. The summed E-state index contributed by atoms with van der Waals surface area (Å²) in [6.07, 6.45) is 3.47. The molecule has 2 aromatic carbocycles. The van der Waals surface area contributed by atoms with Gasteiger partial charge >= 0.3 is 5.97 Å². The molecule has 0 spiro atoms. The number of carbonyl (C=O) groups excluding carboxylic acids is 1. The van der Waals surface area contributed by atoms with Gasteiger partial charge in [0.15, 0.2) is 11.3 Å². The number of aryl methyl sites for hydroxylation is 2. The van der Waals surface area contributed by atoms with Crippen LogP contribution >= 0.6 is 0 Å². The highest BCUT2D eigenvalue weighted by molar-refractivity contribution is 6.06. The minimum absolute atomic E-state index is 0.00365. The summed E-state index contributed by atoms with van der Waals surface area (Å²) in [6, 6.07) is 19.0. The van der Waals surface area contributed by atoms with E-state index in [2.05, 4.69) is 0 Å². The number of rotatable bonds is 2. The molecule has 130 valence electrons. The summed E-state index contributed by atoms with van der Waals surface area (Å²) in [4.78, 5) is 12.5. The Morgan fingerprint density at radius 3 is 1.70 bits per heavy atom. The molecule has 0 amide bonds. The third-order valence-corrected chi connectivity index (χ3v) is 4.18. The van der Waals surface area contributed by atoms with Crippen LogP contribution in [0.15, 0.2) is 71.0 Å². The molecule has 1 heterocycles. The number of cyclic esters (lactones) is 1. The van der Waals surface area contributed by atoms with Crippen molar-refractivity contribution in [3.63, 3.8) is 0 Å². The van der Waals surface area contributed by atoms with E-state index in [-0.39, 0.29) is 11.3 Å². The standard InChI is InChI=1S/C23H16N2O2/c1-15-3-7-17(8-4-15)11-20-21(12-18-9-5-16(2)6-10-18)23(26)27-22(20)19(13-24)14-25/h3-12H,1-2H3/b20-11+,21-12+. The van der Waals surface area contributed by atoms with Crippen LogP contribution in [0.25, 0.3) is 12.2 Å². The minimum atomic E-state index is -0.577. The van der Waals surface area contributed by atoms with E-state index in [4.69, 9.17) is 4.74 Å². The largest absolute Gasteiger partial charge is 0.420 e. The van der Waals surface area contributed by atoms with Crippen LogP contribution in [0.5, 0.6) is 0 Å². The van der Waals surface area contributed by atoms with Crippen molar-refractivity contribution in [2.75, 3.05) is 0 Å². The van der Waals surface area contributed by atoms with Crippen molar-refractivity contribution < 1.29 is 9.53 Å². The Labute approximate surface area is 157 Å². The van der Waals surface area contributed by atoms with Crippen LogP contribution < -0.4 is 0 Å². The Bertz CT molecular complexity index is 1060. The molecule has 1 saturated heterocycles. The summed E-state index contributed by atoms with van der Waals surface area (Å²) in [7, 11) is 0. The molecule has 2 aromatic rings. The van der Waals surface area contributed by atoms with Crippen molar-refractivity contribution in [3.8, 4) is 12.1 Å². The van der Waals surface area contributed by atoms with Gasteiger partial charge in [0.25, 0.3) is 0 Å². The Kier molecular flexibility index (Phi) is 5.01. The highest BCUT2D eigenvalue weighted by Gasteiger charge is 2.33. The van der Waals surface area contributed by atoms with E-state index >= 15 is 0 Å². The van der Waals surface area contributed by atoms with Crippen molar-refractivity contribution in [2.24, 2.45) is 0 Å². The lowest BCUT2D eigenvalue weighted by molar-refractivity contribution is -0.132. The van der Waals surface area contributed by atoms with Crippen molar-refractivity contribution >= 4 is 18.1 Å². The van der Waals surface area contributed by atoms with Crippen LogP contribution in [0.2, 0.25) is 0 Å². The second-order valence-corrected chi connectivity index (χ2v) is 6.25. The third kappa shape index (κ3) is 3.86. The summed E-state index contributed by atoms with van der Waals surface area (Å²) >= 11 is 0. The Hall–Kier alpha value is -3.89. The molecule has 4 heteroatoms. The quantitative estimate of drug-likeness (QED) is 0.449. The van der Waals surface area contributed by atoms with E-state index < -0.39 is 5.97 Å². The van der Waals surface area contributed by atoms with Crippen LogP contribution in [-0.4, -0.2) is 5.97 Å². The van der Waals surface area contributed by atoms with Crippen molar-refractivity contribution in [1.82, 2.24) is 0 Å². The molecular formula is C23H16N2O2. The first-order valence-electron chi connectivity index (χ1n) is 8.36. The van der Waals surface area contributed by atoms with Gasteiger partial charge in [-0.15, -0.1) is 0 Å². The lowest BCUT2D eigenvalue weighted by Gasteiger charge is -2.02. The fourth-order valence-corrected chi connectivity index (χ4v) is 2.69. The molecule has 0 bridgehead atoms. The van der Waals surface area contributed by atoms with E-state index in [1.54, 1.807) is 24.3 Å². The molecule has 1 aliphatic rings. The van der Waals surface area contributed by atoms with Gasteiger partial charge in [0, 0.05) is 5.57 Å². The van der Waals surface area contributed by atoms with Crippen molar-refractivity contribution in [2.45, 2.75) is 13.8 Å². The highest BCUT2D eigenvalue weighted by Crippen LogP contribution is 2.35. The molecule has 4 nitrogen and oxygen atoms in total. The van der Waals surface area contributed by atoms with Gasteiger partial charge in [-0.25, -0.2) is 4.79 Å². The van der Waals surface area contributed by atoms with Crippen LogP contribution in [0, 0.1) is 36.5 Å². The monoisotopic (exact) mass is 352 g/mol. The normalized spacial score (nSPS) is 16.1. The van der Waals surface area contributed by atoms with Gasteiger partial charge in [0.1, 0.15) is 12.1 Å². The van der Waals surface area contributed by atoms with Gasteiger partial charge in [0.05, 0.1) is 5.57 Å². The van der Waals surface area contributed by atoms with Crippen LogP contribution in [-0.2, 0) is 9.53 Å². The lowest BCUT2D eigenvalue weighted by atomic mass is 9.98. The zero-order chi connectivity index (χ0) is 19.4. The SMILES string of the molecule is Cc1ccc(/C=C2/C(=O)OC(=C(C#N)C#N)/C2=C/c2ccc(C)cc2)cc1. The maximum Gasteiger partial charge on any atom is 0.344 e. The van der Waals surface area contributed by atoms with Crippen molar-refractivity contribution in [3.05, 3.63) is 93.3 Å². The van der Waals surface area contributed by atoms with Gasteiger partial charge in [-0.3, -0.25) is 0 Å². The summed E-state index contributed by atoms with van der Waals surface area (Å²) in [5.74, 6) is -0.573. The number of hydrogen-bond acceptors (Lipinski definition) is 4. The zero-order valence-corrected chi connectivity index (χ0v) is 15.0. The van der Waals surface area contributed by atoms with Crippen molar-refractivity contribution in [1.29, 1.82) is 10.5 Å². The van der Waals surface area contributed by atoms with Gasteiger partial charge < -0.3 is 4.74 Å². The Balaban J connectivity index is 2.18. The van der Waals surface area contributed by atoms with Crippen LogP contribution in [0.1, 0.15) is 22.3 Å². The van der Waals surface area contributed by atoms with E-state index in [1.165, 1.54) is 0 Å². The van der Waals surface area contributed by atoms with E-state index in [9.17, 15) is 15.3 Å². The predicted molar refractivity (Wildman–Crippen MR) is 103 cm³/mol. The summed E-state index contributed by atoms with van der Waals surface area (Å²) in [5.41, 5.74) is 4.42. The first-order valence-corrected chi connectivity index (χ1v) is 8.36. The zero-order valence-electron chi connectivity index (χ0n) is 15.0. The maximum absolute atomic E-state index is 12.5. The number of carbonyl (C=O) groups is 1. The molecule has 0 aliphatic carbocycles. The van der Waals surface area contributed by atoms with E-state index in [0.717, 1.165) is 22.3 Å². The molecule has 1 fully saturated rings. The number of hydrogen-bond donors (Lipinski definition) is 0.